The van der Waals surface area contributed by atoms with Gasteiger partial charge in [0.2, 0.25) is 17.7 Å². The number of furan rings is 1. The Morgan fingerprint density at radius 1 is 1.20 bits per heavy atom. The average Bonchev–Trinajstić information content (AvgIpc) is 3.51. The summed E-state index contributed by atoms with van der Waals surface area (Å²) >= 11 is 0. The summed E-state index contributed by atoms with van der Waals surface area (Å²) in [5.41, 5.74) is 1.16. The molecule has 0 spiro atoms. The van der Waals surface area contributed by atoms with Crippen LogP contribution in [0.1, 0.15) is 53.5 Å². The Morgan fingerprint density at radius 2 is 1.93 bits per heavy atom. The van der Waals surface area contributed by atoms with E-state index in [1.165, 1.54) is 0 Å². The number of carbonyl (C=O) groups excluding carboxylic acids is 4. The third-order valence-corrected chi connectivity index (χ3v) is 5.57. The van der Waals surface area contributed by atoms with Gasteiger partial charge < -0.3 is 14.6 Å². The topological polar surface area (TPSA) is 129 Å². The largest absolute Gasteiger partial charge is 0.467 e. The zero-order chi connectivity index (χ0) is 21.1. The Balaban J connectivity index is 1.27. The molecule has 4 amide bonds. The van der Waals surface area contributed by atoms with Crippen LogP contribution in [0.2, 0.25) is 0 Å². The number of likely N-dealkylation sites (tertiary alicyclic amines) is 2. The van der Waals surface area contributed by atoms with Crippen molar-refractivity contribution in [1.29, 1.82) is 0 Å². The minimum atomic E-state index is -0.290. The number of carbonyl (C=O) groups is 4. The van der Waals surface area contributed by atoms with Crippen molar-refractivity contribution in [2.75, 3.05) is 19.6 Å². The first-order valence-corrected chi connectivity index (χ1v) is 9.98. The van der Waals surface area contributed by atoms with Gasteiger partial charge in [0.1, 0.15) is 18.0 Å². The summed E-state index contributed by atoms with van der Waals surface area (Å²) in [6, 6.07) is 5.27. The normalized spacial score (nSPS) is 17.6. The molecule has 2 aliphatic rings. The van der Waals surface area contributed by atoms with E-state index < -0.39 is 0 Å². The van der Waals surface area contributed by atoms with Gasteiger partial charge in [0, 0.05) is 37.5 Å². The molecule has 2 fully saturated rings. The predicted molar refractivity (Wildman–Crippen MR) is 103 cm³/mol. The molecule has 10 nitrogen and oxygen atoms in total. The number of hydrogen-bond donors (Lipinski definition) is 2. The molecular weight excluding hydrogens is 390 g/mol. The van der Waals surface area contributed by atoms with Crippen molar-refractivity contribution in [2.45, 2.75) is 38.1 Å². The lowest BCUT2D eigenvalue weighted by atomic mass is 9.93. The molecule has 2 aliphatic heterocycles. The Labute approximate surface area is 172 Å². The summed E-state index contributed by atoms with van der Waals surface area (Å²) in [6.07, 6.45) is 3.34. The molecule has 0 aromatic carbocycles. The monoisotopic (exact) mass is 413 g/mol. The lowest BCUT2D eigenvalue weighted by Gasteiger charge is -2.32. The minimum Gasteiger partial charge on any atom is -0.467 e. The van der Waals surface area contributed by atoms with Crippen molar-refractivity contribution in [3.8, 4) is 0 Å². The average molecular weight is 413 g/mol. The maximum absolute atomic E-state index is 12.5. The van der Waals surface area contributed by atoms with Gasteiger partial charge >= 0.3 is 0 Å². The second kappa shape index (κ2) is 8.52. The zero-order valence-electron chi connectivity index (χ0n) is 16.4. The van der Waals surface area contributed by atoms with E-state index in [9.17, 15) is 19.2 Å². The maximum atomic E-state index is 12.5. The fourth-order valence-electron chi connectivity index (χ4n) is 3.81. The fourth-order valence-corrected chi connectivity index (χ4v) is 3.81. The van der Waals surface area contributed by atoms with E-state index in [4.69, 9.17) is 4.42 Å². The smallest absolute Gasteiger partial charge is 0.272 e. The zero-order valence-corrected chi connectivity index (χ0v) is 16.4. The van der Waals surface area contributed by atoms with Gasteiger partial charge in [0.05, 0.1) is 12.8 Å². The van der Waals surface area contributed by atoms with Gasteiger partial charge in [-0.05, 0) is 31.0 Å². The molecule has 0 atom stereocenters. The lowest BCUT2D eigenvalue weighted by Crippen LogP contribution is -2.45. The van der Waals surface area contributed by atoms with Crippen LogP contribution in [-0.4, -0.2) is 63.3 Å². The standard InChI is InChI=1S/C20H23N5O5/c26-17-3-4-18(27)25(17)12-19(28)24-7-5-13(6-8-24)15-10-16(23-22-15)20(29)21-11-14-2-1-9-30-14/h1-2,9-10,13H,3-8,11-12H2,(H,21,29)(H,22,23). The van der Waals surface area contributed by atoms with Gasteiger partial charge in [-0.1, -0.05) is 0 Å². The first kappa shape index (κ1) is 19.9. The third kappa shape index (κ3) is 4.27. The molecule has 2 aromatic heterocycles. The highest BCUT2D eigenvalue weighted by molar-refractivity contribution is 6.04. The highest BCUT2D eigenvalue weighted by atomic mass is 16.3. The van der Waals surface area contributed by atoms with Crippen molar-refractivity contribution >= 4 is 23.6 Å². The van der Waals surface area contributed by atoms with Crippen LogP contribution in [0.4, 0.5) is 0 Å². The number of nitrogens with one attached hydrogen (secondary N) is 2. The molecular formula is C20H23N5O5. The molecule has 2 N–H and O–H groups in total. The summed E-state index contributed by atoms with van der Waals surface area (Å²) in [7, 11) is 0. The molecule has 0 radical (unpaired) electrons. The number of hydrogen-bond acceptors (Lipinski definition) is 6. The fraction of sp³-hybridized carbons (Fsp3) is 0.450. The third-order valence-electron chi connectivity index (χ3n) is 5.57. The molecule has 0 unspecified atom stereocenters. The molecule has 10 heteroatoms. The number of amides is 4. The van der Waals surface area contributed by atoms with Crippen LogP contribution in [0, 0.1) is 0 Å². The van der Waals surface area contributed by atoms with E-state index in [-0.39, 0.29) is 55.5 Å². The molecule has 2 saturated heterocycles. The van der Waals surface area contributed by atoms with Crippen molar-refractivity contribution < 1.29 is 23.6 Å². The second-order valence-electron chi connectivity index (χ2n) is 7.50. The number of imide groups is 1. The van der Waals surface area contributed by atoms with Crippen LogP contribution in [0.5, 0.6) is 0 Å². The molecule has 4 rings (SSSR count). The van der Waals surface area contributed by atoms with Crippen molar-refractivity contribution in [3.63, 3.8) is 0 Å². The van der Waals surface area contributed by atoms with Gasteiger partial charge in [-0.2, -0.15) is 5.10 Å². The maximum Gasteiger partial charge on any atom is 0.272 e. The summed E-state index contributed by atoms with van der Waals surface area (Å²) in [5, 5.41) is 9.78. The summed E-state index contributed by atoms with van der Waals surface area (Å²) in [5.74, 6) is -0.241. The molecule has 158 valence electrons. The SMILES string of the molecule is O=C(NCc1ccco1)c1cc(C2CCN(C(=O)CN3C(=O)CCC3=O)CC2)[nH]n1. The van der Waals surface area contributed by atoms with Gasteiger partial charge in [0.25, 0.3) is 5.91 Å². The van der Waals surface area contributed by atoms with E-state index in [1.54, 1.807) is 29.4 Å². The number of rotatable bonds is 6. The van der Waals surface area contributed by atoms with Crippen LogP contribution < -0.4 is 5.32 Å². The Bertz CT molecular complexity index is 927. The minimum absolute atomic E-state index is 0.156. The summed E-state index contributed by atoms with van der Waals surface area (Å²) in [6.45, 7) is 1.17. The van der Waals surface area contributed by atoms with E-state index in [2.05, 4.69) is 15.5 Å². The molecule has 4 heterocycles. The van der Waals surface area contributed by atoms with E-state index in [1.807, 2.05) is 0 Å². The summed E-state index contributed by atoms with van der Waals surface area (Å²) in [4.78, 5) is 50.8. The quantitative estimate of drug-likeness (QED) is 0.674. The van der Waals surface area contributed by atoms with Crippen molar-refractivity contribution in [1.82, 2.24) is 25.3 Å². The Kier molecular flexibility index (Phi) is 5.64. The predicted octanol–water partition coefficient (Wildman–Crippen LogP) is 0.788. The number of aromatic amines is 1. The number of piperidine rings is 1. The summed E-state index contributed by atoms with van der Waals surface area (Å²) < 4.78 is 5.19. The molecule has 0 aliphatic carbocycles. The van der Waals surface area contributed by atoms with Gasteiger partial charge in [-0.15, -0.1) is 0 Å². The van der Waals surface area contributed by atoms with Crippen LogP contribution in [0.3, 0.4) is 0 Å². The molecule has 0 bridgehead atoms. The van der Waals surface area contributed by atoms with Crippen LogP contribution >= 0.6 is 0 Å². The highest BCUT2D eigenvalue weighted by Gasteiger charge is 2.33. The van der Waals surface area contributed by atoms with Crippen LogP contribution in [0.25, 0.3) is 0 Å². The van der Waals surface area contributed by atoms with Crippen LogP contribution in [-0.2, 0) is 20.9 Å². The first-order valence-electron chi connectivity index (χ1n) is 9.98. The number of aromatic nitrogens is 2. The van der Waals surface area contributed by atoms with E-state index >= 15 is 0 Å². The van der Waals surface area contributed by atoms with Crippen molar-refractivity contribution in [3.05, 3.63) is 41.6 Å². The molecule has 0 saturated carbocycles. The Morgan fingerprint density at radius 3 is 2.60 bits per heavy atom. The number of H-pyrrole nitrogens is 1. The van der Waals surface area contributed by atoms with Crippen LogP contribution in [0.15, 0.2) is 28.9 Å². The Hall–Kier alpha value is -3.43. The van der Waals surface area contributed by atoms with E-state index in [0.29, 0.717) is 37.4 Å². The highest BCUT2D eigenvalue weighted by Crippen LogP contribution is 2.27. The molecule has 2 aromatic rings. The number of nitrogens with zero attached hydrogens (tertiary/aromatic N) is 3. The van der Waals surface area contributed by atoms with Gasteiger partial charge in [0.15, 0.2) is 0 Å². The van der Waals surface area contributed by atoms with Gasteiger partial charge in [-0.3, -0.25) is 29.2 Å². The first-order chi connectivity index (χ1) is 14.5. The van der Waals surface area contributed by atoms with Crippen molar-refractivity contribution in [2.24, 2.45) is 0 Å². The lowest BCUT2D eigenvalue weighted by molar-refractivity contribution is -0.145. The van der Waals surface area contributed by atoms with E-state index in [0.717, 1.165) is 10.6 Å². The van der Waals surface area contributed by atoms with Gasteiger partial charge in [-0.25, -0.2) is 0 Å². The second-order valence-corrected chi connectivity index (χ2v) is 7.50. The molecule has 30 heavy (non-hydrogen) atoms.